The molecule has 0 fully saturated rings. The second-order valence-corrected chi connectivity index (χ2v) is 5.16. The lowest BCUT2D eigenvalue weighted by molar-refractivity contribution is 0.0935. The monoisotopic (exact) mass is 279 g/mol. The molecule has 100 valence electrons. The van der Waals surface area contributed by atoms with Gasteiger partial charge in [0, 0.05) is 5.38 Å². The van der Waals surface area contributed by atoms with Crippen LogP contribution >= 0.6 is 11.3 Å². The number of anilines is 1. The van der Waals surface area contributed by atoms with Crippen molar-refractivity contribution in [2.45, 2.75) is 19.9 Å². The SMILES string of the molecule is Cc1ccc(C(C)NC(=O)c2csc(N)n2)cc1F. The smallest absolute Gasteiger partial charge is 0.271 e. The van der Waals surface area contributed by atoms with Crippen molar-refractivity contribution >= 4 is 22.4 Å². The van der Waals surface area contributed by atoms with Crippen molar-refractivity contribution in [1.82, 2.24) is 10.3 Å². The summed E-state index contributed by atoms with van der Waals surface area (Å²) in [6.07, 6.45) is 0. The highest BCUT2D eigenvalue weighted by Crippen LogP contribution is 2.17. The first-order valence-corrected chi connectivity index (χ1v) is 6.63. The van der Waals surface area contributed by atoms with Gasteiger partial charge >= 0.3 is 0 Å². The number of amides is 1. The quantitative estimate of drug-likeness (QED) is 0.907. The van der Waals surface area contributed by atoms with E-state index in [1.807, 2.05) is 0 Å². The van der Waals surface area contributed by atoms with Gasteiger partial charge in [0.25, 0.3) is 5.91 Å². The van der Waals surface area contributed by atoms with Gasteiger partial charge in [-0.3, -0.25) is 4.79 Å². The van der Waals surface area contributed by atoms with Crippen LogP contribution in [0.2, 0.25) is 0 Å². The summed E-state index contributed by atoms with van der Waals surface area (Å²) in [5.41, 5.74) is 7.04. The minimum atomic E-state index is -0.318. The Bertz CT molecular complexity index is 612. The highest BCUT2D eigenvalue weighted by atomic mass is 32.1. The second-order valence-electron chi connectivity index (χ2n) is 4.27. The first-order chi connectivity index (χ1) is 8.97. The van der Waals surface area contributed by atoms with Crippen LogP contribution in [0.25, 0.3) is 0 Å². The number of aromatic nitrogens is 1. The normalized spacial score (nSPS) is 12.2. The summed E-state index contributed by atoms with van der Waals surface area (Å²) >= 11 is 1.21. The summed E-state index contributed by atoms with van der Waals surface area (Å²) in [6.45, 7) is 3.48. The molecule has 0 radical (unpaired) electrons. The van der Waals surface area contributed by atoms with E-state index in [1.54, 1.807) is 31.4 Å². The van der Waals surface area contributed by atoms with Crippen molar-refractivity contribution in [1.29, 1.82) is 0 Å². The first kappa shape index (κ1) is 13.5. The molecule has 4 nitrogen and oxygen atoms in total. The van der Waals surface area contributed by atoms with Crippen LogP contribution in [0.5, 0.6) is 0 Å². The minimum Gasteiger partial charge on any atom is -0.375 e. The molecular weight excluding hydrogens is 265 g/mol. The Kier molecular flexibility index (Phi) is 3.80. The van der Waals surface area contributed by atoms with Gasteiger partial charge in [0.05, 0.1) is 6.04 Å². The van der Waals surface area contributed by atoms with Gasteiger partial charge in [-0.05, 0) is 31.0 Å². The molecular formula is C13H14FN3OS. The van der Waals surface area contributed by atoms with Gasteiger partial charge in [-0.15, -0.1) is 11.3 Å². The highest BCUT2D eigenvalue weighted by Gasteiger charge is 2.14. The zero-order valence-electron chi connectivity index (χ0n) is 10.6. The largest absolute Gasteiger partial charge is 0.375 e. The van der Waals surface area contributed by atoms with Crippen molar-refractivity contribution < 1.29 is 9.18 Å². The lowest BCUT2D eigenvalue weighted by atomic mass is 10.1. The molecule has 0 bridgehead atoms. The van der Waals surface area contributed by atoms with Crippen molar-refractivity contribution in [2.24, 2.45) is 0 Å². The molecule has 0 aliphatic heterocycles. The Labute approximate surface area is 114 Å². The van der Waals surface area contributed by atoms with E-state index in [9.17, 15) is 9.18 Å². The van der Waals surface area contributed by atoms with E-state index in [-0.39, 0.29) is 23.5 Å². The van der Waals surface area contributed by atoms with E-state index < -0.39 is 0 Å². The Morgan fingerprint density at radius 2 is 2.26 bits per heavy atom. The summed E-state index contributed by atoms with van der Waals surface area (Å²) in [7, 11) is 0. The molecule has 1 unspecified atom stereocenters. The maximum absolute atomic E-state index is 13.5. The molecule has 2 aromatic rings. The number of carbonyl (C=O) groups is 1. The van der Waals surface area contributed by atoms with E-state index in [0.717, 1.165) is 0 Å². The number of nitrogen functional groups attached to an aromatic ring is 1. The second kappa shape index (κ2) is 5.36. The average molecular weight is 279 g/mol. The van der Waals surface area contributed by atoms with Crippen LogP contribution in [-0.2, 0) is 0 Å². The van der Waals surface area contributed by atoms with Crippen LogP contribution in [0, 0.1) is 12.7 Å². The van der Waals surface area contributed by atoms with Crippen LogP contribution in [0.1, 0.15) is 34.6 Å². The molecule has 1 atom stereocenters. The fraction of sp³-hybridized carbons (Fsp3) is 0.231. The van der Waals surface area contributed by atoms with Crippen LogP contribution < -0.4 is 11.1 Å². The summed E-state index contributed by atoms with van der Waals surface area (Å²) in [5.74, 6) is -0.599. The van der Waals surface area contributed by atoms with E-state index in [0.29, 0.717) is 16.3 Å². The van der Waals surface area contributed by atoms with Crippen molar-refractivity contribution in [3.8, 4) is 0 Å². The Morgan fingerprint density at radius 1 is 1.53 bits per heavy atom. The van der Waals surface area contributed by atoms with E-state index in [4.69, 9.17) is 5.73 Å². The number of aryl methyl sites for hydroxylation is 1. The molecule has 19 heavy (non-hydrogen) atoms. The van der Waals surface area contributed by atoms with E-state index in [2.05, 4.69) is 10.3 Å². The van der Waals surface area contributed by atoms with Crippen LogP contribution in [0.3, 0.4) is 0 Å². The number of benzene rings is 1. The molecule has 0 saturated carbocycles. The molecule has 0 aliphatic carbocycles. The average Bonchev–Trinajstić information content (AvgIpc) is 2.79. The molecule has 0 aliphatic rings. The molecule has 0 saturated heterocycles. The number of halogens is 1. The predicted molar refractivity (Wildman–Crippen MR) is 73.5 cm³/mol. The Hall–Kier alpha value is -1.95. The number of rotatable bonds is 3. The molecule has 0 spiro atoms. The standard InChI is InChI=1S/C13H14FN3OS/c1-7-3-4-9(5-10(7)14)8(2)16-12(18)11-6-19-13(15)17-11/h3-6,8H,1-2H3,(H2,15,17)(H,16,18). The number of nitrogens with one attached hydrogen (secondary N) is 1. The van der Waals surface area contributed by atoms with E-state index in [1.165, 1.54) is 17.4 Å². The number of thiazole rings is 1. The lowest BCUT2D eigenvalue weighted by Gasteiger charge is -2.14. The predicted octanol–water partition coefficient (Wildman–Crippen LogP) is 2.66. The third kappa shape index (κ3) is 3.08. The summed E-state index contributed by atoms with van der Waals surface area (Å²) < 4.78 is 13.5. The van der Waals surface area contributed by atoms with Gasteiger partial charge in [0.2, 0.25) is 0 Å². The van der Waals surface area contributed by atoms with Crippen LogP contribution in [0.4, 0.5) is 9.52 Å². The summed E-state index contributed by atoms with van der Waals surface area (Å²) in [5, 5.41) is 4.69. The van der Waals surface area contributed by atoms with Gasteiger partial charge in [0.15, 0.2) is 5.13 Å². The van der Waals surface area contributed by atoms with Crippen molar-refractivity contribution in [2.75, 3.05) is 5.73 Å². The van der Waals surface area contributed by atoms with Gasteiger partial charge in [-0.25, -0.2) is 9.37 Å². The van der Waals surface area contributed by atoms with Gasteiger partial charge < -0.3 is 11.1 Å². The number of nitrogens with two attached hydrogens (primary N) is 1. The molecule has 3 N–H and O–H groups in total. The Balaban J connectivity index is 2.10. The van der Waals surface area contributed by atoms with E-state index >= 15 is 0 Å². The van der Waals surface area contributed by atoms with Gasteiger partial charge in [-0.2, -0.15) is 0 Å². The maximum atomic E-state index is 13.5. The number of hydrogen-bond donors (Lipinski definition) is 2. The molecule has 2 rings (SSSR count). The molecule has 1 aromatic heterocycles. The lowest BCUT2D eigenvalue weighted by Crippen LogP contribution is -2.27. The number of carbonyl (C=O) groups excluding carboxylic acids is 1. The fourth-order valence-electron chi connectivity index (χ4n) is 1.62. The molecule has 1 amide bonds. The van der Waals surface area contributed by atoms with Crippen molar-refractivity contribution in [3.05, 3.63) is 46.2 Å². The fourth-order valence-corrected chi connectivity index (χ4v) is 2.17. The molecule has 1 heterocycles. The molecule has 1 aromatic carbocycles. The van der Waals surface area contributed by atoms with Gasteiger partial charge in [0.1, 0.15) is 11.5 Å². The van der Waals surface area contributed by atoms with Gasteiger partial charge in [-0.1, -0.05) is 12.1 Å². The highest BCUT2D eigenvalue weighted by molar-refractivity contribution is 7.13. The third-order valence-electron chi connectivity index (χ3n) is 2.80. The molecule has 6 heteroatoms. The summed E-state index contributed by atoms with van der Waals surface area (Å²) in [4.78, 5) is 15.8. The van der Waals surface area contributed by atoms with Crippen molar-refractivity contribution in [3.63, 3.8) is 0 Å². The summed E-state index contributed by atoms with van der Waals surface area (Å²) in [6, 6.07) is 4.60. The Morgan fingerprint density at radius 3 is 2.84 bits per heavy atom. The minimum absolute atomic E-state index is 0.280. The number of nitrogens with zero attached hydrogens (tertiary/aromatic N) is 1. The first-order valence-electron chi connectivity index (χ1n) is 5.75. The third-order valence-corrected chi connectivity index (χ3v) is 3.47. The number of hydrogen-bond acceptors (Lipinski definition) is 4. The van der Waals surface area contributed by atoms with Crippen LogP contribution in [-0.4, -0.2) is 10.9 Å². The topological polar surface area (TPSA) is 68.0 Å². The maximum Gasteiger partial charge on any atom is 0.271 e. The van der Waals surface area contributed by atoms with Crippen LogP contribution in [0.15, 0.2) is 23.6 Å². The zero-order valence-corrected chi connectivity index (χ0v) is 11.4. The zero-order chi connectivity index (χ0) is 14.0.